The van der Waals surface area contributed by atoms with E-state index in [1.807, 2.05) is 23.6 Å². The molecule has 1 aromatic carbocycles. The Morgan fingerprint density at radius 1 is 1.43 bits per heavy atom. The first-order valence-corrected chi connectivity index (χ1v) is 7.70. The summed E-state index contributed by atoms with van der Waals surface area (Å²) in [4.78, 5) is 16.2. The third kappa shape index (κ3) is 3.13. The van der Waals surface area contributed by atoms with Gasteiger partial charge in [0.25, 0.3) is 5.91 Å². The molecule has 21 heavy (non-hydrogen) atoms. The monoisotopic (exact) mass is 299 g/mol. The van der Waals surface area contributed by atoms with E-state index in [4.69, 9.17) is 0 Å². The summed E-state index contributed by atoms with van der Waals surface area (Å²) in [6, 6.07) is 8.18. The molecule has 0 saturated heterocycles. The molecule has 0 atom stereocenters. The van der Waals surface area contributed by atoms with E-state index in [1.54, 1.807) is 12.3 Å². The summed E-state index contributed by atoms with van der Waals surface area (Å²) in [7, 11) is 0. The van der Waals surface area contributed by atoms with E-state index in [9.17, 15) is 4.79 Å². The molecule has 5 heteroatoms. The van der Waals surface area contributed by atoms with Gasteiger partial charge in [0, 0.05) is 34.5 Å². The highest BCUT2D eigenvalue weighted by Gasteiger charge is 2.27. The molecule has 1 aliphatic heterocycles. The summed E-state index contributed by atoms with van der Waals surface area (Å²) in [5, 5.41) is 8.67. The van der Waals surface area contributed by atoms with Crippen molar-refractivity contribution >= 4 is 28.1 Å². The molecule has 1 amide bonds. The molecule has 4 nitrogen and oxygen atoms in total. The summed E-state index contributed by atoms with van der Waals surface area (Å²) >= 11 is 1.41. The fourth-order valence-electron chi connectivity index (χ4n) is 2.56. The second-order valence-electron chi connectivity index (χ2n) is 5.73. The van der Waals surface area contributed by atoms with Gasteiger partial charge in [-0.1, -0.05) is 24.3 Å². The summed E-state index contributed by atoms with van der Waals surface area (Å²) in [5.74, 6) is -0.167. The predicted molar refractivity (Wildman–Crippen MR) is 86.1 cm³/mol. The lowest BCUT2D eigenvalue weighted by molar-refractivity contribution is -0.111. The van der Waals surface area contributed by atoms with Crippen molar-refractivity contribution < 1.29 is 4.79 Å². The fraction of sp³-hybridized carbons (Fsp3) is 0.250. The van der Waals surface area contributed by atoms with E-state index in [0.717, 1.165) is 17.7 Å². The zero-order chi connectivity index (χ0) is 14.9. The average Bonchev–Trinajstić information content (AvgIpc) is 2.90. The zero-order valence-corrected chi connectivity index (χ0v) is 12.8. The van der Waals surface area contributed by atoms with Crippen LogP contribution in [0.15, 0.2) is 41.9 Å². The molecule has 2 heterocycles. The highest BCUT2D eigenvalue weighted by molar-refractivity contribution is 7.13. The standard InChI is InChI=1S/C16H17N3OS/c1-16(2)10-11-5-3-4-6-12(11)13(19-16)9-14(20)18-15-17-7-8-21-15/h3-9,19H,10H2,1-2H3,(H,17,18,20)/b13-9+. The Bertz CT molecular complexity index is 689. The number of benzene rings is 1. The molecule has 0 spiro atoms. The van der Waals surface area contributed by atoms with E-state index in [1.165, 1.54) is 16.9 Å². The minimum absolute atomic E-state index is 0.0678. The molecule has 0 radical (unpaired) electrons. The molecule has 2 aromatic rings. The van der Waals surface area contributed by atoms with Crippen molar-refractivity contribution in [3.05, 3.63) is 53.0 Å². The minimum Gasteiger partial charge on any atom is -0.379 e. The minimum atomic E-state index is -0.167. The lowest BCUT2D eigenvalue weighted by Gasteiger charge is -2.35. The number of aromatic nitrogens is 1. The van der Waals surface area contributed by atoms with Gasteiger partial charge in [0.1, 0.15) is 0 Å². The number of rotatable bonds is 2. The van der Waals surface area contributed by atoms with Crippen LogP contribution < -0.4 is 10.6 Å². The number of carbonyl (C=O) groups excluding carboxylic acids is 1. The molecule has 0 saturated carbocycles. The van der Waals surface area contributed by atoms with E-state index in [2.05, 4.69) is 35.5 Å². The van der Waals surface area contributed by atoms with Gasteiger partial charge in [0.15, 0.2) is 5.13 Å². The van der Waals surface area contributed by atoms with Crippen molar-refractivity contribution in [1.29, 1.82) is 0 Å². The van der Waals surface area contributed by atoms with Crippen LogP contribution in [-0.2, 0) is 11.2 Å². The summed E-state index contributed by atoms with van der Waals surface area (Å²) in [6.45, 7) is 4.27. The third-order valence-corrected chi connectivity index (χ3v) is 4.04. The van der Waals surface area contributed by atoms with Crippen molar-refractivity contribution in [2.75, 3.05) is 5.32 Å². The molecule has 2 N–H and O–H groups in total. The van der Waals surface area contributed by atoms with Crippen molar-refractivity contribution in [3.63, 3.8) is 0 Å². The van der Waals surface area contributed by atoms with Crippen LogP contribution in [0.3, 0.4) is 0 Å². The number of nitrogens with one attached hydrogen (secondary N) is 2. The normalized spacial score (nSPS) is 17.9. The fourth-order valence-corrected chi connectivity index (χ4v) is 3.09. The number of hydrogen-bond acceptors (Lipinski definition) is 4. The first kappa shape index (κ1) is 13.8. The van der Waals surface area contributed by atoms with Crippen molar-refractivity contribution in [3.8, 4) is 0 Å². The van der Waals surface area contributed by atoms with Crippen molar-refractivity contribution in [1.82, 2.24) is 10.3 Å². The molecule has 1 aliphatic rings. The molecular weight excluding hydrogens is 282 g/mol. The molecule has 3 rings (SSSR count). The van der Waals surface area contributed by atoms with Crippen LogP contribution in [0.1, 0.15) is 25.0 Å². The van der Waals surface area contributed by atoms with Gasteiger partial charge in [-0.3, -0.25) is 10.1 Å². The lowest BCUT2D eigenvalue weighted by atomic mass is 9.86. The Hall–Kier alpha value is -2.14. The molecule has 108 valence electrons. The van der Waals surface area contributed by atoms with Crippen LogP contribution in [0.4, 0.5) is 5.13 Å². The Balaban J connectivity index is 1.90. The molecule has 1 aromatic heterocycles. The second kappa shape index (κ2) is 5.33. The number of amides is 1. The van der Waals surface area contributed by atoms with Crippen molar-refractivity contribution in [2.24, 2.45) is 0 Å². The van der Waals surface area contributed by atoms with Gasteiger partial charge in [0.05, 0.1) is 0 Å². The summed E-state index contributed by atoms with van der Waals surface area (Å²) in [5.41, 5.74) is 3.14. The number of nitrogens with zero attached hydrogens (tertiary/aromatic N) is 1. The summed E-state index contributed by atoms with van der Waals surface area (Å²) in [6.07, 6.45) is 4.22. The maximum Gasteiger partial charge on any atom is 0.252 e. The number of carbonyl (C=O) groups is 1. The summed E-state index contributed by atoms with van der Waals surface area (Å²) < 4.78 is 0. The Kier molecular flexibility index (Phi) is 3.51. The highest BCUT2D eigenvalue weighted by atomic mass is 32.1. The number of fused-ring (bicyclic) bond motifs is 1. The van der Waals surface area contributed by atoms with E-state index >= 15 is 0 Å². The number of anilines is 1. The van der Waals surface area contributed by atoms with Crippen LogP contribution in [0.5, 0.6) is 0 Å². The Labute approximate surface area is 127 Å². The first-order valence-electron chi connectivity index (χ1n) is 6.82. The topological polar surface area (TPSA) is 54.0 Å². The Morgan fingerprint density at radius 3 is 3.00 bits per heavy atom. The van der Waals surface area contributed by atoms with E-state index in [-0.39, 0.29) is 11.4 Å². The van der Waals surface area contributed by atoms with Crippen LogP contribution in [-0.4, -0.2) is 16.4 Å². The van der Waals surface area contributed by atoms with Crippen LogP contribution in [0, 0.1) is 0 Å². The van der Waals surface area contributed by atoms with Gasteiger partial charge < -0.3 is 5.32 Å². The molecular formula is C16H17N3OS. The third-order valence-electron chi connectivity index (χ3n) is 3.35. The van der Waals surface area contributed by atoms with E-state index in [0.29, 0.717) is 5.13 Å². The largest absolute Gasteiger partial charge is 0.379 e. The van der Waals surface area contributed by atoms with Gasteiger partial charge >= 0.3 is 0 Å². The molecule has 0 fully saturated rings. The lowest BCUT2D eigenvalue weighted by Crippen LogP contribution is -2.44. The number of hydrogen-bond donors (Lipinski definition) is 2. The van der Waals surface area contributed by atoms with Gasteiger partial charge in [-0.15, -0.1) is 11.3 Å². The zero-order valence-electron chi connectivity index (χ0n) is 12.0. The Morgan fingerprint density at radius 2 is 2.24 bits per heavy atom. The maximum atomic E-state index is 12.1. The van der Waals surface area contributed by atoms with Gasteiger partial charge in [-0.05, 0) is 25.8 Å². The smallest absolute Gasteiger partial charge is 0.252 e. The van der Waals surface area contributed by atoms with Crippen LogP contribution in [0.2, 0.25) is 0 Å². The molecule has 0 bridgehead atoms. The van der Waals surface area contributed by atoms with Gasteiger partial charge in [0.2, 0.25) is 0 Å². The van der Waals surface area contributed by atoms with Crippen LogP contribution in [0.25, 0.3) is 5.70 Å². The van der Waals surface area contributed by atoms with Gasteiger partial charge in [-0.25, -0.2) is 4.98 Å². The second-order valence-corrected chi connectivity index (χ2v) is 6.62. The number of thiazole rings is 1. The van der Waals surface area contributed by atoms with Gasteiger partial charge in [-0.2, -0.15) is 0 Å². The first-order chi connectivity index (χ1) is 10.0. The average molecular weight is 299 g/mol. The molecule has 0 unspecified atom stereocenters. The maximum absolute atomic E-state index is 12.1. The van der Waals surface area contributed by atoms with E-state index < -0.39 is 0 Å². The quantitative estimate of drug-likeness (QED) is 0.838. The van der Waals surface area contributed by atoms with Crippen LogP contribution >= 0.6 is 11.3 Å². The SMILES string of the molecule is CC1(C)Cc2ccccc2/C(=C\C(=O)Nc2nccs2)N1. The predicted octanol–water partition coefficient (Wildman–Crippen LogP) is 3.05. The molecule has 0 aliphatic carbocycles. The van der Waals surface area contributed by atoms with Crippen molar-refractivity contribution in [2.45, 2.75) is 25.8 Å². The highest BCUT2D eigenvalue weighted by Crippen LogP contribution is 2.29.